The number of aryl methyl sites for hydroxylation is 1. The van der Waals surface area contributed by atoms with Crippen molar-refractivity contribution >= 4 is 39.0 Å². The monoisotopic (exact) mass is 320 g/mol. The maximum absolute atomic E-state index is 5.99. The highest BCUT2D eigenvalue weighted by molar-refractivity contribution is 7.16. The van der Waals surface area contributed by atoms with Crippen LogP contribution in [0.15, 0.2) is 29.6 Å². The molecule has 2 aromatic heterocycles. The number of nitrogen functional groups attached to an aromatic ring is 1. The summed E-state index contributed by atoms with van der Waals surface area (Å²) in [6.07, 6.45) is 0. The normalized spacial score (nSPS) is 10.8. The van der Waals surface area contributed by atoms with Gasteiger partial charge in [0.2, 0.25) is 0 Å². The van der Waals surface area contributed by atoms with Gasteiger partial charge in [-0.1, -0.05) is 11.6 Å². The smallest absolute Gasteiger partial charge is 0.169 e. The largest absolute Gasteiger partial charge is 0.486 e. The predicted molar refractivity (Wildman–Crippen MR) is 85.7 cm³/mol. The van der Waals surface area contributed by atoms with Crippen LogP contribution in [-0.2, 0) is 6.61 Å². The van der Waals surface area contributed by atoms with Crippen molar-refractivity contribution in [3.8, 4) is 5.75 Å². The minimum absolute atomic E-state index is 0.267. The highest BCUT2D eigenvalue weighted by atomic mass is 35.5. The summed E-state index contributed by atoms with van der Waals surface area (Å²) in [5.41, 5.74) is 3.56. The van der Waals surface area contributed by atoms with Crippen LogP contribution in [0.3, 0.4) is 0 Å². The van der Waals surface area contributed by atoms with E-state index < -0.39 is 0 Å². The second kappa shape index (κ2) is 5.85. The van der Waals surface area contributed by atoms with Crippen molar-refractivity contribution in [1.82, 2.24) is 9.97 Å². The van der Waals surface area contributed by atoms with Crippen LogP contribution >= 0.6 is 22.9 Å². The molecule has 7 heteroatoms. The molecule has 0 atom stereocenters. The van der Waals surface area contributed by atoms with E-state index in [9.17, 15) is 0 Å². The zero-order valence-corrected chi connectivity index (χ0v) is 12.8. The molecule has 0 aliphatic rings. The molecule has 0 aliphatic carbocycles. The third kappa shape index (κ3) is 2.92. The Morgan fingerprint density at radius 3 is 2.95 bits per heavy atom. The number of rotatable bonds is 4. The summed E-state index contributed by atoms with van der Waals surface area (Å²) in [7, 11) is 0. The van der Waals surface area contributed by atoms with Crippen molar-refractivity contribution in [3.05, 3.63) is 46.1 Å². The molecule has 5 nitrogen and oxygen atoms in total. The number of nitrogens with zero attached hydrogens (tertiary/aromatic N) is 2. The molecule has 0 fully saturated rings. The van der Waals surface area contributed by atoms with Gasteiger partial charge in [-0.3, -0.25) is 0 Å². The van der Waals surface area contributed by atoms with E-state index in [1.807, 2.05) is 36.6 Å². The van der Waals surface area contributed by atoms with Gasteiger partial charge in [-0.25, -0.2) is 15.8 Å². The van der Waals surface area contributed by atoms with Gasteiger partial charge in [0.15, 0.2) is 11.6 Å². The van der Waals surface area contributed by atoms with Crippen LogP contribution in [0.5, 0.6) is 5.75 Å². The quantitative estimate of drug-likeness (QED) is 0.568. The second-order valence-electron chi connectivity index (χ2n) is 4.47. The van der Waals surface area contributed by atoms with Gasteiger partial charge in [-0.2, -0.15) is 0 Å². The highest BCUT2D eigenvalue weighted by Crippen LogP contribution is 2.25. The lowest BCUT2D eigenvalue weighted by molar-refractivity contribution is 0.296. The molecule has 3 rings (SSSR count). The zero-order chi connectivity index (χ0) is 14.8. The van der Waals surface area contributed by atoms with Crippen molar-refractivity contribution in [2.75, 3.05) is 5.43 Å². The van der Waals surface area contributed by atoms with E-state index in [0.717, 1.165) is 21.5 Å². The molecule has 0 amide bonds. The summed E-state index contributed by atoms with van der Waals surface area (Å²) in [5, 5.41) is 3.58. The lowest BCUT2D eigenvalue weighted by Gasteiger charge is -2.08. The molecule has 0 radical (unpaired) electrons. The number of aromatic nitrogens is 2. The SMILES string of the molecule is Cc1cc(OCc2nc(NN)c3ccsc3n2)ccc1Cl. The number of hydrogen-bond acceptors (Lipinski definition) is 6. The number of anilines is 1. The molecule has 2 heterocycles. The number of nitrogens with two attached hydrogens (primary N) is 1. The Labute approximate surface area is 130 Å². The third-order valence-electron chi connectivity index (χ3n) is 3.01. The number of fused-ring (bicyclic) bond motifs is 1. The van der Waals surface area contributed by atoms with Gasteiger partial charge < -0.3 is 10.2 Å². The highest BCUT2D eigenvalue weighted by Gasteiger charge is 2.09. The van der Waals surface area contributed by atoms with Gasteiger partial charge in [0.25, 0.3) is 0 Å². The molecule has 0 saturated heterocycles. The molecule has 0 spiro atoms. The van der Waals surface area contributed by atoms with Crippen LogP contribution in [-0.4, -0.2) is 9.97 Å². The fourth-order valence-corrected chi connectivity index (χ4v) is 2.83. The van der Waals surface area contributed by atoms with E-state index in [1.165, 1.54) is 11.3 Å². The van der Waals surface area contributed by atoms with Crippen molar-refractivity contribution in [1.29, 1.82) is 0 Å². The molecule has 3 aromatic rings. The summed E-state index contributed by atoms with van der Waals surface area (Å²) in [6.45, 7) is 2.20. The van der Waals surface area contributed by atoms with Crippen molar-refractivity contribution < 1.29 is 4.74 Å². The molecule has 21 heavy (non-hydrogen) atoms. The molecule has 0 bridgehead atoms. The number of ether oxygens (including phenoxy) is 1. The predicted octanol–water partition coefficient (Wildman–Crippen LogP) is 3.52. The zero-order valence-electron chi connectivity index (χ0n) is 11.3. The number of hydrogen-bond donors (Lipinski definition) is 2. The number of hydrazine groups is 1. The van der Waals surface area contributed by atoms with Crippen LogP contribution in [0, 0.1) is 6.92 Å². The van der Waals surface area contributed by atoms with E-state index in [2.05, 4.69) is 15.4 Å². The first-order valence-electron chi connectivity index (χ1n) is 6.27. The lowest BCUT2D eigenvalue weighted by atomic mass is 10.2. The second-order valence-corrected chi connectivity index (χ2v) is 5.77. The summed E-state index contributed by atoms with van der Waals surface area (Å²) < 4.78 is 5.71. The molecule has 108 valence electrons. The van der Waals surface area contributed by atoms with Crippen molar-refractivity contribution in [2.24, 2.45) is 5.84 Å². The van der Waals surface area contributed by atoms with E-state index in [-0.39, 0.29) is 6.61 Å². The summed E-state index contributed by atoms with van der Waals surface area (Å²) in [6, 6.07) is 7.44. The van der Waals surface area contributed by atoms with E-state index in [1.54, 1.807) is 0 Å². The van der Waals surface area contributed by atoms with E-state index >= 15 is 0 Å². The molecule has 0 unspecified atom stereocenters. The van der Waals surface area contributed by atoms with Crippen molar-refractivity contribution in [3.63, 3.8) is 0 Å². The Kier molecular flexibility index (Phi) is 3.92. The molecule has 3 N–H and O–H groups in total. The number of halogens is 1. The Hall–Kier alpha value is -1.89. The standard InChI is InChI=1S/C14H13ClN4OS/c1-8-6-9(2-3-11(8)15)20-7-12-17-13(19-16)10-4-5-21-14(10)18-12/h2-6H,7,16H2,1H3,(H,17,18,19). The maximum Gasteiger partial charge on any atom is 0.169 e. The maximum atomic E-state index is 5.99. The van der Waals surface area contributed by atoms with Gasteiger partial charge in [-0.05, 0) is 42.1 Å². The fraction of sp³-hybridized carbons (Fsp3) is 0.143. The lowest BCUT2D eigenvalue weighted by Crippen LogP contribution is -2.11. The number of thiophene rings is 1. The Balaban J connectivity index is 1.82. The average molecular weight is 321 g/mol. The van der Waals surface area contributed by atoms with Crippen LogP contribution in [0.25, 0.3) is 10.2 Å². The summed E-state index contributed by atoms with van der Waals surface area (Å²) in [5.74, 6) is 7.41. The summed E-state index contributed by atoms with van der Waals surface area (Å²) in [4.78, 5) is 9.69. The first kappa shape index (κ1) is 14.1. The average Bonchev–Trinajstić information content (AvgIpc) is 2.96. The van der Waals surface area contributed by atoms with Gasteiger partial charge in [0.05, 0.1) is 5.39 Å². The van der Waals surface area contributed by atoms with Gasteiger partial charge in [0.1, 0.15) is 17.2 Å². The molecule has 1 aromatic carbocycles. The third-order valence-corrected chi connectivity index (χ3v) is 4.24. The topological polar surface area (TPSA) is 73.1 Å². The first-order valence-corrected chi connectivity index (χ1v) is 7.53. The molecule has 0 saturated carbocycles. The minimum Gasteiger partial charge on any atom is -0.486 e. The van der Waals surface area contributed by atoms with Gasteiger partial charge in [0, 0.05) is 5.02 Å². The first-order chi connectivity index (χ1) is 10.2. The Bertz CT molecular complexity index is 790. The van der Waals surface area contributed by atoms with Crippen molar-refractivity contribution in [2.45, 2.75) is 13.5 Å². The minimum atomic E-state index is 0.267. The van der Waals surface area contributed by atoms with E-state index in [4.69, 9.17) is 22.2 Å². The Morgan fingerprint density at radius 2 is 2.19 bits per heavy atom. The number of benzene rings is 1. The van der Waals surface area contributed by atoms with Gasteiger partial charge in [-0.15, -0.1) is 11.3 Å². The van der Waals surface area contributed by atoms with Crippen LogP contribution in [0.2, 0.25) is 5.02 Å². The van der Waals surface area contributed by atoms with Gasteiger partial charge >= 0.3 is 0 Å². The van der Waals surface area contributed by atoms with Crippen LogP contribution in [0.1, 0.15) is 11.4 Å². The van der Waals surface area contributed by atoms with Crippen LogP contribution < -0.4 is 16.0 Å². The molecular weight excluding hydrogens is 308 g/mol. The molecule has 0 aliphatic heterocycles. The Morgan fingerprint density at radius 1 is 1.33 bits per heavy atom. The van der Waals surface area contributed by atoms with E-state index in [0.29, 0.717) is 16.7 Å². The fourth-order valence-electron chi connectivity index (χ4n) is 1.93. The summed E-state index contributed by atoms with van der Waals surface area (Å²) >= 11 is 7.53. The van der Waals surface area contributed by atoms with Crippen LogP contribution in [0.4, 0.5) is 5.82 Å². The molecular formula is C14H13ClN4OS. The number of nitrogens with one attached hydrogen (secondary N) is 1.